The van der Waals surface area contributed by atoms with E-state index in [1.807, 2.05) is 6.07 Å². The summed E-state index contributed by atoms with van der Waals surface area (Å²) in [7, 11) is 0. The molecule has 1 aliphatic rings. The third kappa shape index (κ3) is 1.77. The summed E-state index contributed by atoms with van der Waals surface area (Å²) < 4.78 is 1.11. The fourth-order valence-electron chi connectivity index (χ4n) is 1.71. The number of benzene rings is 1. The zero-order chi connectivity index (χ0) is 9.42. The van der Waals surface area contributed by atoms with Crippen molar-refractivity contribution in [3.05, 3.63) is 32.8 Å². The van der Waals surface area contributed by atoms with Crippen LogP contribution in [0.1, 0.15) is 36.3 Å². The van der Waals surface area contributed by atoms with Gasteiger partial charge in [0.05, 0.1) is 0 Å². The van der Waals surface area contributed by atoms with Gasteiger partial charge in [0.2, 0.25) is 0 Å². The lowest BCUT2D eigenvalue weighted by Gasteiger charge is -2.27. The van der Waals surface area contributed by atoms with E-state index >= 15 is 0 Å². The maximum atomic E-state index is 6.18. The smallest absolute Gasteiger partial charge is 0.0452 e. The third-order valence-electron chi connectivity index (χ3n) is 2.82. The summed E-state index contributed by atoms with van der Waals surface area (Å²) >= 11 is 9.66. The van der Waals surface area contributed by atoms with E-state index < -0.39 is 0 Å². The lowest BCUT2D eigenvalue weighted by molar-refractivity contribution is 0.419. The molecule has 1 aromatic carbocycles. The topological polar surface area (TPSA) is 0 Å². The van der Waals surface area contributed by atoms with Gasteiger partial charge in [-0.3, -0.25) is 0 Å². The molecular weight excluding hydrogens is 247 g/mol. The second kappa shape index (κ2) is 3.62. The van der Waals surface area contributed by atoms with Gasteiger partial charge in [-0.15, -0.1) is 0 Å². The molecule has 1 aromatic rings. The highest BCUT2D eigenvalue weighted by atomic mass is 79.9. The molecule has 0 radical (unpaired) electrons. The Morgan fingerprint density at radius 2 is 2.08 bits per heavy atom. The Labute approximate surface area is 92.4 Å². The first-order valence-corrected chi connectivity index (χ1v) is 5.81. The summed E-state index contributed by atoms with van der Waals surface area (Å²) in [4.78, 5) is 0. The molecule has 1 saturated carbocycles. The van der Waals surface area contributed by atoms with Crippen LogP contribution in [0, 0.1) is 6.92 Å². The average molecular weight is 260 g/mol. The fraction of sp³-hybridized carbons (Fsp3) is 0.455. The number of hydrogen-bond acceptors (Lipinski definition) is 0. The molecular formula is C11H12BrCl. The van der Waals surface area contributed by atoms with E-state index in [1.165, 1.54) is 30.4 Å². The largest absolute Gasteiger partial charge is 0.0840 e. The van der Waals surface area contributed by atoms with E-state index in [2.05, 4.69) is 28.9 Å². The SMILES string of the molecule is Cc1cc(C2CCC2)c(Cl)cc1Br. The van der Waals surface area contributed by atoms with Crippen LogP contribution < -0.4 is 0 Å². The summed E-state index contributed by atoms with van der Waals surface area (Å²) in [6.45, 7) is 2.11. The third-order valence-corrected chi connectivity index (χ3v) is 4.00. The molecule has 0 aromatic heterocycles. The molecule has 0 nitrogen and oxygen atoms in total. The summed E-state index contributed by atoms with van der Waals surface area (Å²) in [6.07, 6.45) is 3.97. The molecule has 13 heavy (non-hydrogen) atoms. The Kier molecular flexibility index (Phi) is 2.66. The lowest BCUT2D eigenvalue weighted by Crippen LogP contribution is -2.09. The van der Waals surface area contributed by atoms with Crippen molar-refractivity contribution in [1.29, 1.82) is 0 Å². The van der Waals surface area contributed by atoms with Crippen LogP contribution in [-0.4, -0.2) is 0 Å². The van der Waals surface area contributed by atoms with Gasteiger partial charge in [0, 0.05) is 9.50 Å². The Hall–Kier alpha value is -0.0100. The monoisotopic (exact) mass is 258 g/mol. The molecule has 0 heterocycles. The van der Waals surface area contributed by atoms with Gasteiger partial charge in [0.15, 0.2) is 0 Å². The normalized spacial score (nSPS) is 17.2. The fourth-order valence-corrected chi connectivity index (χ4v) is 2.50. The number of halogens is 2. The van der Waals surface area contributed by atoms with Crippen molar-refractivity contribution >= 4 is 27.5 Å². The van der Waals surface area contributed by atoms with E-state index in [0.717, 1.165) is 15.4 Å². The summed E-state index contributed by atoms with van der Waals surface area (Å²) in [5.74, 6) is 0.722. The minimum atomic E-state index is 0.722. The van der Waals surface area contributed by atoms with Gasteiger partial charge >= 0.3 is 0 Å². The van der Waals surface area contributed by atoms with Crippen LogP contribution in [0.25, 0.3) is 0 Å². The Balaban J connectivity index is 2.39. The zero-order valence-electron chi connectivity index (χ0n) is 7.61. The van der Waals surface area contributed by atoms with Crippen LogP contribution >= 0.6 is 27.5 Å². The van der Waals surface area contributed by atoms with E-state index in [9.17, 15) is 0 Å². The molecule has 1 fully saturated rings. The van der Waals surface area contributed by atoms with Gasteiger partial charge in [0.1, 0.15) is 0 Å². The maximum Gasteiger partial charge on any atom is 0.0452 e. The van der Waals surface area contributed by atoms with Crippen molar-refractivity contribution in [2.45, 2.75) is 32.1 Å². The van der Waals surface area contributed by atoms with E-state index in [0.29, 0.717) is 0 Å². The average Bonchev–Trinajstić information content (AvgIpc) is 1.96. The predicted octanol–water partition coefficient (Wildman–Crippen LogP) is 4.68. The predicted molar refractivity (Wildman–Crippen MR) is 60.5 cm³/mol. The van der Waals surface area contributed by atoms with Gasteiger partial charge in [-0.25, -0.2) is 0 Å². The van der Waals surface area contributed by atoms with Crippen LogP contribution in [0.4, 0.5) is 0 Å². The Bertz CT molecular complexity index is 329. The maximum absolute atomic E-state index is 6.18. The van der Waals surface area contributed by atoms with Gasteiger partial charge in [-0.1, -0.05) is 40.0 Å². The molecule has 0 bridgehead atoms. The van der Waals surface area contributed by atoms with Crippen molar-refractivity contribution in [2.24, 2.45) is 0 Å². The van der Waals surface area contributed by atoms with Crippen LogP contribution in [0.2, 0.25) is 5.02 Å². The van der Waals surface area contributed by atoms with Crippen molar-refractivity contribution < 1.29 is 0 Å². The molecule has 0 N–H and O–H groups in total. The molecule has 0 unspecified atom stereocenters. The first-order valence-electron chi connectivity index (χ1n) is 4.64. The van der Waals surface area contributed by atoms with Gasteiger partial charge in [-0.05, 0) is 42.9 Å². The highest BCUT2D eigenvalue weighted by Crippen LogP contribution is 2.41. The van der Waals surface area contributed by atoms with Gasteiger partial charge < -0.3 is 0 Å². The highest BCUT2D eigenvalue weighted by Gasteiger charge is 2.22. The molecule has 0 spiro atoms. The second-order valence-electron chi connectivity index (χ2n) is 3.75. The van der Waals surface area contributed by atoms with Crippen molar-refractivity contribution in [3.8, 4) is 0 Å². The lowest BCUT2D eigenvalue weighted by atomic mass is 9.80. The van der Waals surface area contributed by atoms with Crippen molar-refractivity contribution in [2.75, 3.05) is 0 Å². The molecule has 1 aliphatic carbocycles. The first kappa shape index (κ1) is 9.54. The summed E-state index contributed by atoms with van der Waals surface area (Å²) in [6, 6.07) is 4.24. The molecule has 0 saturated heterocycles. The molecule has 2 rings (SSSR count). The Morgan fingerprint density at radius 1 is 1.38 bits per heavy atom. The van der Waals surface area contributed by atoms with Crippen molar-refractivity contribution in [1.82, 2.24) is 0 Å². The minimum Gasteiger partial charge on any atom is -0.0840 e. The quantitative estimate of drug-likeness (QED) is 0.687. The number of hydrogen-bond donors (Lipinski definition) is 0. The van der Waals surface area contributed by atoms with Crippen LogP contribution in [0.3, 0.4) is 0 Å². The second-order valence-corrected chi connectivity index (χ2v) is 5.01. The van der Waals surface area contributed by atoms with Crippen LogP contribution in [-0.2, 0) is 0 Å². The number of aryl methyl sites for hydroxylation is 1. The standard InChI is InChI=1S/C11H12BrCl/c1-7-5-9(8-3-2-4-8)11(13)6-10(7)12/h5-6,8H,2-4H2,1H3. The van der Waals surface area contributed by atoms with E-state index in [-0.39, 0.29) is 0 Å². The van der Waals surface area contributed by atoms with Gasteiger partial charge in [0.25, 0.3) is 0 Å². The van der Waals surface area contributed by atoms with E-state index in [1.54, 1.807) is 0 Å². The van der Waals surface area contributed by atoms with Crippen LogP contribution in [0.15, 0.2) is 16.6 Å². The van der Waals surface area contributed by atoms with Crippen molar-refractivity contribution in [3.63, 3.8) is 0 Å². The highest BCUT2D eigenvalue weighted by molar-refractivity contribution is 9.10. The minimum absolute atomic E-state index is 0.722. The molecule has 70 valence electrons. The molecule has 0 aliphatic heterocycles. The van der Waals surface area contributed by atoms with Crippen LogP contribution in [0.5, 0.6) is 0 Å². The Morgan fingerprint density at radius 3 is 2.62 bits per heavy atom. The van der Waals surface area contributed by atoms with Gasteiger partial charge in [-0.2, -0.15) is 0 Å². The first-order chi connectivity index (χ1) is 6.18. The molecule has 0 amide bonds. The number of rotatable bonds is 1. The van der Waals surface area contributed by atoms with E-state index in [4.69, 9.17) is 11.6 Å². The molecule has 2 heteroatoms. The summed E-state index contributed by atoms with van der Waals surface area (Å²) in [5.41, 5.74) is 2.62. The zero-order valence-corrected chi connectivity index (χ0v) is 9.95. The molecule has 0 atom stereocenters. The summed E-state index contributed by atoms with van der Waals surface area (Å²) in [5, 5.41) is 0.919.